The summed E-state index contributed by atoms with van der Waals surface area (Å²) in [4.78, 5) is 30.1. The number of esters is 1. The van der Waals surface area contributed by atoms with Crippen LogP contribution < -0.4 is 0 Å². The normalized spacial score (nSPS) is 12.5. The molecule has 0 aliphatic heterocycles. The van der Waals surface area contributed by atoms with Crippen LogP contribution in [-0.4, -0.2) is 40.1 Å². The summed E-state index contributed by atoms with van der Waals surface area (Å²) in [5, 5.41) is 3.94. The Morgan fingerprint density at radius 3 is 2.66 bits per heavy atom. The highest BCUT2D eigenvalue weighted by molar-refractivity contribution is 5.83. The van der Waals surface area contributed by atoms with Gasteiger partial charge in [-0.15, -0.1) is 0 Å². The van der Waals surface area contributed by atoms with Gasteiger partial charge in [0.05, 0.1) is 0 Å². The predicted molar refractivity (Wildman–Crippen MR) is 104 cm³/mol. The third-order valence-corrected chi connectivity index (χ3v) is 4.25. The van der Waals surface area contributed by atoms with Gasteiger partial charge in [-0.2, -0.15) is 4.98 Å². The molecule has 1 heterocycles. The topological polar surface area (TPSA) is 85.5 Å². The number of rotatable bonds is 8. The van der Waals surface area contributed by atoms with Crippen LogP contribution in [-0.2, 0) is 32.7 Å². The highest BCUT2D eigenvalue weighted by Crippen LogP contribution is 2.19. The van der Waals surface area contributed by atoms with Crippen LogP contribution in [0.2, 0.25) is 0 Å². The summed E-state index contributed by atoms with van der Waals surface area (Å²) in [5.74, 6) is -0.0918. The molecular weight excluding hydrogens is 377 g/mol. The smallest absolute Gasteiger partial charge is 0.306 e. The lowest BCUT2D eigenvalue weighted by atomic mass is 9.96. The summed E-state index contributed by atoms with van der Waals surface area (Å²) in [6.45, 7) is 7.72. The van der Waals surface area contributed by atoms with Gasteiger partial charge in [0, 0.05) is 31.8 Å². The largest absolute Gasteiger partial charge is 0.453 e. The summed E-state index contributed by atoms with van der Waals surface area (Å²) >= 11 is 0. The Morgan fingerprint density at radius 2 is 2.03 bits per heavy atom. The van der Waals surface area contributed by atoms with Crippen molar-refractivity contribution in [3.05, 3.63) is 47.4 Å². The first-order chi connectivity index (χ1) is 13.6. The second-order valence-electron chi connectivity index (χ2n) is 8.07. The molecule has 1 unspecified atom stereocenters. The van der Waals surface area contributed by atoms with E-state index in [-0.39, 0.29) is 30.1 Å². The van der Waals surface area contributed by atoms with E-state index in [9.17, 15) is 14.0 Å². The summed E-state index contributed by atoms with van der Waals surface area (Å²) in [7, 11) is 1.58. The molecule has 0 fully saturated rings. The van der Waals surface area contributed by atoms with Gasteiger partial charge in [-0.25, -0.2) is 4.39 Å². The minimum absolute atomic E-state index is 0.137. The van der Waals surface area contributed by atoms with Gasteiger partial charge in [-0.1, -0.05) is 38.1 Å². The van der Waals surface area contributed by atoms with Gasteiger partial charge in [-0.05, 0) is 31.0 Å². The number of likely N-dealkylation sites (N-methyl/N-ethyl adjacent to an activating group) is 1. The summed E-state index contributed by atoms with van der Waals surface area (Å²) < 4.78 is 23.7. The monoisotopic (exact) mass is 405 g/mol. The molecule has 29 heavy (non-hydrogen) atoms. The van der Waals surface area contributed by atoms with Crippen molar-refractivity contribution in [1.29, 1.82) is 0 Å². The number of ether oxygens (including phenoxy) is 1. The second kappa shape index (κ2) is 9.62. The van der Waals surface area contributed by atoms with Gasteiger partial charge in [0.1, 0.15) is 5.82 Å². The SMILES string of the molecule is CC(OC(=O)CCCc1nc(C(C)(C)C)no1)C(=O)N(C)Cc1cccc(F)c1. The number of hydrogen-bond acceptors (Lipinski definition) is 6. The molecule has 1 atom stereocenters. The molecule has 2 aromatic rings. The highest BCUT2D eigenvalue weighted by atomic mass is 19.1. The lowest BCUT2D eigenvalue weighted by Crippen LogP contribution is -2.37. The molecule has 1 amide bonds. The molecule has 0 aliphatic carbocycles. The minimum Gasteiger partial charge on any atom is -0.453 e. The lowest BCUT2D eigenvalue weighted by molar-refractivity contribution is -0.158. The number of benzene rings is 1. The van der Waals surface area contributed by atoms with Crippen LogP contribution in [0, 0.1) is 5.82 Å². The molecule has 1 aromatic heterocycles. The molecule has 0 saturated heterocycles. The molecule has 7 nitrogen and oxygen atoms in total. The van der Waals surface area contributed by atoms with E-state index in [4.69, 9.17) is 9.26 Å². The summed E-state index contributed by atoms with van der Waals surface area (Å²) in [6, 6.07) is 6.02. The number of carbonyl (C=O) groups excluding carboxylic acids is 2. The van der Waals surface area contributed by atoms with Gasteiger partial charge in [0.2, 0.25) is 5.89 Å². The van der Waals surface area contributed by atoms with E-state index in [1.54, 1.807) is 19.2 Å². The quantitative estimate of drug-likeness (QED) is 0.626. The van der Waals surface area contributed by atoms with E-state index in [2.05, 4.69) is 10.1 Å². The first-order valence-corrected chi connectivity index (χ1v) is 9.58. The average Bonchev–Trinajstić information content (AvgIpc) is 3.10. The molecule has 8 heteroatoms. The lowest BCUT2D eigenvalue weighted by Gasteiger charge is -2.21. The number of hydrogen-bond donors (Lipinski definition) is 0. The Hall–Kier alpha value is -2.77. The predicted octanol–water partition coefficient (Wildman–Crippen LogP) is 3.42. The number of aryl methyl sites for hydroxylation is 1. The first kappa shape index (κ1) is 22.5. The fraction of sp³-hybridized carbons (Fsp3) is 0.524. The molecule has 0 bridgehead atoms. The third kappa shape index (κ3) is 6.96. The average molecular weight is 405 g/mol. The van der Waals surface area contributed by atoms with Gasteiger partial charge in [-0.3, -0.25) is 9.59 Å². The number of halogens is 1. The fourth-order valence-corrected chi connectivity index (χ4v) is 2.65. The van der Waals surface area contributed by atoms with Crippen molar-refractivity contribution in [2.75, 3.05) is 7.05 Å². The van der Waals surface area contributed by atoms with Crippen molar-refractivity contribution in [3.8, 4) is 0 Å². The van der Waals surface area contributed by atoms with E-state index in [1.807, 2.05) is 20.8 Å². The fourth-order valence-electron chi connectivity index (χ4n) is 2.65. The van der Waals surface area contributed by atoms with Crippen LogP contribution in [0.15, 0.2) is 28.8 Å². The Labute approximate surface area is 170 Å². The zero-order valence-electron chi connectivity index (χ0n) is 17.6. The highest BCUT2D eigenvalue weighted by Gasteiger charge is 2.23. The Kier molecular flexibility index (Phi) is 7.47. The van der Waals surface area contributed by atoms with Crippen molar-refractivity contribution in [3.63, 3.8) is 0 Å². The maximum Gasteiger partial charge on any atom is 0.306 e. The van der Waals surface area contributed by atoms with Crippen LogP contribution in [0.4, 0.5) is 4.39 Å². The Morgan fingerprint density at radius 1 is 1.31 bits per heavy atom. The van der Waals surface area contributed by atoms with Gasteiger partial charge >= 0.3 is 5.97 Å². The van der Waals surface area contributed by atoms with E-state index in [1.165, 1.54) is 24.0 Å². The number of carbonyl (C=O) groups is 2. The van der Waals surface area contributed by atoms with Crippen molar-refractivity contribution < 1.29 is 23.2 Å². The van der Waals surface area contributed by atoms with Gasteiger partial charge in [0.15, 0.2) is 11.9 Å². The third-order valence-electron chi connectivity index (χ3n) is 4.25. The summed E-state index contributed by atoms with van der Waals surface area (Å²) in [5.41, 5.74) is 0.460. The van der Waals surface area contributed by atoms with E-state index < -0.39 is 12.1 Å². The standard InChI is InChI=1S/C21H28FN3O4/c1-14(19(27)25(5)13-15-8-6-9-16(22)12-15)28-18(26)11-7-10-17-23-20(24-29-17)21(2,3)4/h6,8-9,12,14H,7,10-11,13H2,1-5H3. The molecular formula is C21H28FN3O4. The minimum atomic E-state index is -0.919. The second-order valence-corrected chi connectivity index (χ2v) is 8.07. The molecule has 0 aliphatic rings. The molecule has 0 saturated carbocycles. The summed E-state index contributed by atoms with van der Waals surface area (Å²) in [6.07, 6.45) is 0.153. The van der Waals surface area contributed by atoms with E-state index in [0.717, 1.165) is 0 Å². The maximum absolute atomic E-state index is 13.3. The number of nitrogens with zero attached hydrogens (tertiary/aromatic N) is 3. The molecule has 158 valence electrons. The first-order valence-electron chi connectivity index (χ1n) is 9.58. The molecule has 1 aromatic carbocycles. The Balaban J connectivity index is 1.76. The Bertz CT molecular complexity index is 844. The zero-order valence-corrected chi connectivity index (χ0v) is 17.6. The molecule has 0 spiro atoms. The van der Waals surface area contributed by atoms with Crippen LogP contribution in [0.25, 0.3) is 0 Å². The van der Waals surface area contributed by atoms with Crippen molar-refractivity contribution in [2.45, 2.75) is 65.0 Å². The molecule has 2 rings (SSSR count). The van der Waals surface area contributed by atoms with E-state index in [0.29, 0.717) is 30.1 Å². The number of amides is 1. The van der Waals surface area contributed by atoms with Crippen molar-refractivity contribution in [2.24, 2.45) is 0 Å². The number of aromatic nitrogens is 2. The van der Waals surface area contributed by atoms with Crippen LogP contribution in [0.1, 0.15) is 57.8 Å². The molecule has 0 radical (unpaired) electrons. The van der Waals surface area contributed by atoms with Crippen molar-refractivity contribution >= 4 is 11.9 Å². The van der Waals surface area contributed by atoms with E-state index >= 15 is 0 Å². The van der Waals surface area contributed by atoms with Gasteiger partial charge in [0.25, 0.3) is 5.91 Å². The van der Waals surface area contributed by atoms with Gasteiger partial charge < -0.3 is 14.2 Å². The zero-order chi connectivity index (χ0) is 21.6. The van der Waals surface area contributed by atoms with Crippen LogP contribution >= 0.6 is 0 Å². The maximum atomic E-state index is 13.3. The van der Waals surface area contributed by atoms with Crippen molar-refractivity contribution in [1.82, 2.24) is 15.0 Å². The van der Waals surface area contributed by atoms with Crippen LogP contribution in [0.3, 0.4) is 0 Å². The van der Waals surface area contributed by atoms with Crippen LogP contribution in [0.5, 0.6) is 0 Å². The molecule has 0 N–H and O–H groups in total.